The molecule has 14 heteroatoms. The van der Waals surface area contributed by atoms with E-state index in [2.05, 4.69) is 15.3 Å². The Morgan fingerprint density at radius 1 is 0.818 bits per heavy atom. The van der Waals surface area contributed by atoms with Gasteiger partial charge in [0.1, 0.15) is 24.5 Å². The standard InChI is InChI=1S/C30H20F5N3O6/c1-41-7-8-43-23-12-20-18(11-22(23)42-2)30(37-13-36-20)38-19-5-4-15(10-16(19)17-9-14(39)3-6-21(17)40)44-29-27(34)25(32)24(31)26(33)28(29)35/h3-6,9-13H,7-8H2,1-2H3,(H,36,37,38). The Labute approximate surface area is 245 Å². The van der Waals surface area contributed by atoms with Crippen molar-refractivity contribution in [2.24, 2.45) is 0 Å². The smallest absolute Gasteiger partial charge is 0.207 e. The molecule has 1 aromatic heterocycles. The maximum absolute atomic E-state index is 14.3. The number of aromatic nitrogens is 2. The van der Waals surface area contributed by atoms with E-state index in [1.54, 1.807) is 12.1 Å². The number of methoxy groups -OCH3 is 2. The monoisotopic (exact) mass is 613 g/mol. The van der Waals surface area contributed by atoms with Gasteiger partial charge in [-0.3, -0.25) is 9.59 Å². The number of carbonyl (C=O) groups excluding carboxylic acids is 2. The second-order valence-electron chi connectivity index (χ2n) is 9.08. The summed E-state index contributed by atoms with van der Waals surface area (Å²) < 4.78 is 91.0. The van der Waals surface area contributed by atoms with Crippen molar-refractivity contribution in [3.8, 4) is 23.0 Å². The summed E-state index contributed by atoms with van der Waals surface area (Å²) in [4.78, 5) is 33.5. The van der Waals surface area contributed by atoms with Crippen LogP contribution in [0.1, 0.15) is 5.56 Å². The number of rotatable bonds is 10. The molecule has 0 aliphatic heterocycles. The fourth-order valence-electron chi connectivity index (χ4n) is 4.23. The van der Waals surface area contributed by atoms with Crippen LogP contribution in [-0.2, 0) is 14.3 Å². The molecule has 0 unspecified atom stereocenters. The molecular formula is C30H20F5N3O6. The number of hydrogen-bond donors (Lipinski definition) is 1. The highest BCUT2D eigenvalue weighted by Crippen LogP contribution is 2.39. The van der Waals surface area contributed by atoms with E-state index in [0.717, 1.165) is 30.4 Å². The number of fused-ring (bicyclic) bond motifs is 1. The van der Waals surface area contributed by atoms with Crippen LogP contribution in [0.3, 0.4) is 0 Å². The van der Waals surface area contributed by atoms with Gasteiger partial charge in [0.25, 0.3) is 0 Å². The lowest BCUT2D eigenvalue weighted by molar-refractivity contribution is -0.113. The molecule has 0 fully saturated rings. The SMILES string of the molecule is COCCOc1cc2ncnc(Nc3ccc(Oc4c(F)c(F)c(F)c(F)c4F)cc3C3=CC(=O)C=CC3=O)c2cc1OC. The fraction of sp³-hybridized carbons (Fsp3) is 0.133. The summed E-state index contributed by atoms with van der Waals surface area (Å²) in [5.74, 6) is -13.3. The molecule has 0 saturated heterocycles. The molecule has 0 saturated carbocycles. The molecule has 0 atom stereocenters. The predicted octanol–water partition coefficient (Wildman–Crippen LogP) is 5.99. The molecule has 1 heterocycles. The predicted molar refractivity (Wildman–Crippen MR) is 147 cm³/mol. The summed E-state index contributed by atoms with van der Waals surface area (Å²) in [5.41, 5.74) is 0.450. The van der Waals surface area contributed by atoms with E-state index in [1.807, 2.05) is 0 Å². The topological polar surface area (TPSA) is 109 Å². The second-order valence-corrected chi connectivity index (χ2v) is 9.08. The molecule has 5 rings (SSSR count). The van der Waals surface area contributed by atoms with E-state index in [0.29, 0.717) is 29.0 Å². The van der Waals surface area contributed by atoms with Gasteiger partial charge in [0, 0.05) is 35.4 Å². The third kappa shape index (κ3) is 5.79. The average molecular weight is 613 g/mol. The van der Waals surface area contributed by atoms with Crippen LogP contribution in [0.5, 0.6) is 23.0 Å². The van der Waals surface area contributed by atoms with Gasteiger partial charge >= 0.3 is 0 Å². The van der Waals surface area contributed by atoms with Crippen LogP contribution in [0.15, 0.2) is 54.9 Å². The van der Waals surface area contributed by atoms with Crippen LogP contribution in [0.25, 0.3) is 16.5 Å². The third-order valence-electron chi connectivity index (χ3n) is 6.34. The minimum atomic E-state index is -2.35. The number of nitrogens with zero attached hydrogens (tertiary/aromatic N) is 2. The van der Waals surface area contributed by atoms with E-state index >= 15 is 0 Å². The van der Waals surface area contributed by atoms with Crippen molar-refractivity contribution in [2.45, 2.75) is 0 Å². The van der Waals surface area contributed by atoms with Crippen molar-refractivity contribution < 1.29 is 50.5 Å². The molecule has 1 aliphatic carbocycles. The largest absolute Gasteiger partial charge is 0.493 e. The summed E-state index contributed by atoms with van der Waals surface area (Å²) in [7, 11) is 2.97. The van der Waals surface area contributed by atoms with Crippen molar-refractivity contribution in [3.63, 3.8) is 0 Å². The quantitative estimate of drug-likeness (QED) is 0.0759. The van der Waals surface area contributed by atoms with Crippen LogP contribution < -0.4 is 19.5 Å². The lowest BCUT2D eigenvalue weighted by atomic mass is 9.94. The maximum atomic E-state index is 14.3. The summed E-state index contributed by atoms with van der Waals surface area (Å²) >= 11 is 0. The molecule has 44 heavy (non-hydrogen) atoms. The summed E-state index contributed by atoms with van der Waals surface area (Å²) in [6.07, 6.45) is 4.35. The van der Waals surface area contributed by atoms with E-state index < -0.39 is 52.2 Å². The lowest BCUT2D eigenvalue weighted by Gasteiger charge is -2.18. The molecule has 3 aromatic carbocycles. The highest BCUT2D eigenvalue weighted by molar-refractivity contribution is 6.34. The van der Waals surface area contributed by atoms with Crippen molar-refractivity contribution in [1.29, 1.82) is 0 Å². The Kier molecular flexibility index (Phi) is 8.53. The van der Waals surface area contributed by atoms with Crippen molar-refractivity contribution >= 4 is 39.5 Å². The molecule has 9 nitrogen and oxygen atoms in total. The number of carbonyl (C=O) groups is 2. The maximum Gasteiger partial charge on any atom is 0.207 e. The highest BCUT2D eigenvalue weighted by atomic mass is 19.2. The fourth-order valence-corrected chi connectivity index (χ4v) is 4.23. The van der Waals surface area contributed by atoms with E-state index in [1.165, 1.54) is 26.6 Å². The zero-order valence-electron chi connectivity index (χ0n) is 22.8. The van der Waals surface area contributed by atoms with Gasteiger partial charge in [-0.15, -0.1) is 0 Å². The van der Waals surface area contributed by atoms with Crippen LogP contribution in [0.2, 0.25) is 0 Å². The van der Waals surface area contributed by atoms with Gasteiger partial charge < -0.3 is 24.3 Å². The van der Waals surface area contributed by atoms with Gasteiger partial charge in [-0.2, -0.15) is 8.78 Å². The molecular weight excluding hydrogens is 593 g/mol. The number of allylic oxidation sites excluding steroid dienone is 4. The van der Waals surface area contributed by atoms with Gasteiger partial charge in [0.05, 0.1) is 19.2 Å². The highest BCUT2D eigenvalue weighted by Gasteiger charge is 2.28. The Hall–Kier alpha value is -5.37. The number of hydrogen-bond acceptors (Lipinski definition) is 9. The molecule has 0 bridgehead atoms. The Bertz CT molecular complexity index is 1850. The van der Waals surface area contributed by atoms with Crippen molar-refractivity contribution in [2.75, 3.05) is 32.8 Å². The Morgan fingerprint density at radius 3 is 2.25 bits per heavy atom. The van der Waals surface area contributed by atoms with Gasteiger partial charge in [-0.05, 0) is 42.5 Å². The molecule has 1 N–H and O–H groups in total. The Balaban J connectivity index is 1.59. The molecule has 0 radical (unpaired) electrons. The first kappa shape index (κ1) is 30.1. The third-order valence-corrected chi connectivity index (χ3v) is 6.34. The zero-order valence-corrected chi connectivity index (χ0v) is 22.8. The zero-order chi connectivity index (χ0) is 31.5. The van der Waals surface area contributed by atoms with Crippen LogP contribution in [0.4, 0.5) is 33.5 Å². The summed E-state index contributed by atoms with van der Waals surface area (Å²) in [6.45, 7) is 0.574. The normalized spacial score (nSPS) is 12.8. The van der Waals surface area contributed by atoms with Crippen LogP contribution in [0, 0.1) is 29.1 Å². The number of ketones is 2. The molecule has 226 valence electrons. The van der Waals surface area contributed by atoms with Crippen molar-refractivity contribution in [3.05, 3.63) is 89.5 Å². The number of anilines is 2. The van der Waals surface area contributed by atoms with Crippen molar-refractivity contribution in [1.82, 2.24) is 9.97 Å². The summed E-state index contributed by atoms with van der Waals surface area (Å²) in [6, 6.07) is 6.79. The lowest BCUT2D eigenvalue weighted by Crippen LogP contribution is -2.09. The van der Waals surface area contributed by atoms with Gasteiger partial charge in [0.2, 0.25) is 34.8 Å². The van der Waals surface area contributed by atoms with Gasteiger partial charge in [-0.1, -0.05) is 0 Å². The van der Waals surface area contributed by atoms with E-state index in [9.17, 15) is 31.5 Å². The number of halogens is 5. The van der Waals surface area contributed by atoms with E-state index in [4.69, 9.17) is 18.9 Å². The molecule has 4 aromatic rings. The first-order valence-electron chi connectivity index (χ1n) is 12.7. The average Bonchev–Trinajstić information content (AvgIpc) is 3.03. The summed E-state index contributed by atoms with van der Waals surface area (Å²) in [5, 5.41) is 3.50. The molecule has 0 spiro atoms. The number of benzene rings is 3. The van der Waals surface area contributed by atoms with Crippen LogP contribution in [-0.4, -0.2) is 49.0 Å². The molecule has 0 amide bonds. The van der Waals surface area contributed by atoms with Gasteiger partial charge in [-0.25, -0.2) is 23.1 Å². The molecule has 1 aliphatic rings. The Morgan fingerprint density at radius 2 is 1.55 bits per heavy atom. The first-order valence-corrected chi connectivity index (χ1v) is 12.7. The minimum absolute atomic E-state index is 0.00711. The van der Waals surface area contributed by atoms with E-state index in [-0.39, 0.29) is 29.2 Å². The van der Waals surface area contributed by atoms with Gasteiger partial charge in [0.15, 0.2) is 23.1 Å². The number of ether oxygens (including phenoxy) is 4. The first-order chi connectivity index (χ1) is 21.1. The second kappa shape index (κ2) is 12.5. The van der Waals surface area contributed by atoms with Crippen LogP contribution >= 0.6 is 0 Å². The minimum Gasteiger partial charge on any atom is -0.493 e. The number of nitrogens with one attached hydrogen (secondary N) is 1.